The number of nitrogens with zero attached hydrogens (tertiary/aromatic N) is 2. The van der Waals surface area contributed by atoms with Crippen molar-refractivity contribution in [3.63, 3.8) is 0 Å². The number of aromatic nitrogens is 3. The Bertz CT molecular complexity index is 696. The summed E-state index contributed by atoms with van der Waals surface area (Å²) in [5.41, 5.74) is 0.841. The number of aromatic amines is 1. The molecule has 0 aliphatic rings. The number of pyridine rings is 1. The summed E-state index contributed by atoms with van der Waals surface area (Å²) in [6.07, 6.45) is 1.71. The molecule has 0 spiro atoms. The monoisotopic (exact) mass is 211 g/mol. The summed E-state index contributed by atoms with van der Waals surface area (Å²) in [7, 11) is 0. The minimum absolute atomic E-state index is 0.0836. The quantitative estimate of drug-likeness (QED) is 0.666. The third-order valence-electron chi connectivity index (χ3n) is 2.50. The summed E-state index contributed by atoms with van der Waals surface area (Å²) in [4.78, 5) is 11.7. The molecule has 78 valence electrons. The van der Waals surface area contributed by atoms with E-state index < -0.39 is 0 Å². The maximum absolute atomic E-state index is 11.7. The molecule has 16 heavy (non-hydrogen) atoms. The second kappa shape index (κ2) is 3.34. The Morgan fingerprint density at radius 1 is 1.06 bits per heavy atom. The molecule has 1 aromatic carbocycles. The molecule has 0 aliphatic carbocycles. The van der Waals surface area contributed by atoms with Crippen LogP contribution < -0.4 is 5.56 Å². The fraction of sp³-hybridized carbons (Fsp3) is 0. The molecule has 0 saturated carbocycles. The average molecular weight is 211 g/mol. The third kappa shape index (κ3) is 1.24. The van der Waals surface area contributed by atoms with Crippen molar-refractivity contribution >= 4 is 10.9 Å². The molecule has 0 aliphatic heterocycles. The summed E-state index contributed by atoms with van der Waals surface area (Å²) < 4.78 is 1.53. The zero-order valence-corrected chi connectivity index (χ0v) is 8.42. The average Bonchev–Trinajstić information content (AvgIpc) is 2.74. The van der Waals surface area contributed by atoms with E-state index in [1.807, 2.05) is 30.3 Å². The second-order valence-corrected chi connectivity index (χ2v) is 3.50. The molecule has 3 rings (SSSR count). The van der Waals surface area contributed by atoms with Crippen molar-refractivity contribution in [2.45, 2.75) is 0 Å². The summed E-state index contributed by atoms with van der Waals surface area (Å²) in [6.45, 7) is 0. The number of H-pyrrole nitrogens is 1. The van der Waals surface area contributed by atoms with Gasteiger partial charge in [0.1, 0.15) is 0 Å². The number of rotatable bonds is 1. The van der Waals surface area contributed by atoms with Gasteiger partial charge in [-0.2, -0.15) is 5.10 Å². The Hall–Kier alpha value is -2.36. The molecule has 0 saturated heterocycles. The van der Waals surface area contributed by atoms with Gasteiger partial charge in [0.2, 0.25) is 0 Å². The zero-order valence-electron chi connectivity index (χ0n) is 8.42. The van der Waals surface area contributed by atoms with Crippen LogP contribution in [0.2, 0.25) is 0 Å². The number of benzene rings is 1. The van der Waals surface area contributed by atoms with E-state index >= 15 is 0 Å². The molecule has 0 amide bonds. The van der Waals surface area contributed by atoms with Crippen LogP contribution in [-0.4, -0.2) is 14.8 Å². The van der Waals surface area contributed by atoms with E-state index in [1.165, 1.54) is 10.6 Å². The number of hydrogen-bond donors (Lipinski definition) is 1. The fourth-order valence-electron chi connectivity index (χ4n) is 1.74. The lowest BCUT2D eigenvalue weighted by Gasteiger charge is -2.00. The highest BCUT2D eigenvalue weighted by molar-refractivity contribution is 5.85. The largest absolute Gasteiger partial charge is 0.276 e. The van der Waals surface area contributed by atoms with E-state index in [0.717, 1.165) is 10.9 Å². The first-order valence-electron chi connectivity index (χ1n) is 4.97. The van der Waals surface area contributed by atoms with Gasteiger partial charge in [0, 0.05) is 17.6 Å². The molecule has 0 atom stereocenters. The Morgan fingerprint density at radius 2 is 1.88 bits per heavy atom. The molecule has 3 aromatic rings. The first-order chi connectivity index (χ1) is 7.86. The van der Waals surface area contributed by atoms with Crippen molar-refractivity contribution in [1.82, 2.24) is 14.8 Å². The topological polar surface area (TPSA) is 50.7 Å². The van der Waals surface area contributed by atoms with Crippen molar-refractivity contribution in [2.75, 3.05) is 0 Å². The van der Waals surface area contributed by atoms with Crippen LogP contribution in [0.5, 0.6) is 0 Å². The van der Waals surface area contributed by atoms with E-state index in [-0.39, 0.29) is 5.56 Å². The highest BCUT2D eigenvalue weighted by Gasteiger charge is 2.06. The first-order valence-corrected chi connectivity index (χ1v) is 4.97. The summed E-state index contributed by atoms with van der Waals surface area (Å²) in [5.74, 6) is 0.640. The number of para-hydroxylation sites is 1. The van der Waals surface area contributed by atoms with Gasteiger partial charge in [0.05, 0.1) is 5.52 Å². The van der Waals surface area contributed by atoms with Crippen LogP contribution >= 0.6 is 0 Å². The molecule has 0 radical (unpaired) electrons. The molecule has 2 aromatic heterocycles. The van der Waals surface area contributed by atoms with Crippen molar-refractivity contribution in [3.05, 3.63) is 59.0 Å². The Morgan fingerprint density at radius 3 is 2.75 bits per heavy atom. The molecule has 0 unspecified atom stereocenters. The smallest absolute Gasteiger partial charge is 0.256 e. The van der Waals surface area contributed by atoms with E-state index in [9.17, 15) is 4.79 Å². The van der Waals surface area contributed by atoms with Gasteiger partial charge in [-0.3, -0.25) is 14.5 Å². The van der Waals surface area contributed by atoms with Crippen LogP contribution in [0.1, 0.15) is 0 Å². The molecular formula is C12H9N3O. The van der Waals surface area contributed by atoms with Crippen LogP contribution in [0.25, 0.3) is 16.7 Å². The van der Waals surface area contributed by atoms with Crippen molar-refractivity contribution in [1.29, 1.82) is 0 Å². The summed E-state index contributed by atoms with van der Waals surface area (Å²) in [6, 6.07) is 12.8. The minimum Gasteiger partial charge on any atom is -0.276 e. The first kappa shape index (κ1) is 8.91. The van der Waals surface area contributed by atoms with Gasteiger partial charge in [-0.15, -0.1) is 0 Å². The lowest BCUT2D eigenvalue weighted by Crippen LogP contribution is -2.16. The lowest BCUT2D eigenvalue weighted by atomic mass is 10.2. The molecular weight excluding hydrogens is 202 g/mol. The number of fused-ring (bicyclic) bond motifs is 1. The van der Waals surface area contributed by atoms with Gasteiger partial charge < -0.3 is 0 Å². The maximum atomic E-state index is 11.7. The second-order valence-electron chi connectivity index (χ2n) is 3.50. The molecule has 0 fully saturated rings. The van der Waals surface area contributed by atoms with Gasteiger partial charge in [0.15, 0.2) is 5.82 Å². The third-order valence-corrected chi connectivity index (χ3v) is 2.50. The predicted octanol–water partition coefficient (Wildman–Crippen LogP) is 1.71. The highest BCUT2D eigenvalue weighted by Crippen LogP contribution is 2.17. The SMILES string of the molecule is O=c1ccccn1-c1n[nH]c2ccccc12. The van der Waals surface area contributed by atoms with Gasteiger partial charge in [-0.05, 0) is 18.2 Å². The maximum Gasteiger partial charge on any atom is 0.256 e. The summed E-state index contributed by atoms with van der Waals surface area (Å²) in [5, 5.41) is 8.01. The summed E-state index contributed by atoms with van der Waals surface area (Å²) >= 11 is 0. The van der Waals surface area contributed by atoms with E-state index in [4.69, 9.17) is 0 Å². The molecule has 4 heteroatoms. The molecule has 1 N–H and O–H groups in total. The van der Waals surface area contributed by atoms with Crippen molar-refractivity contribution in [2.24, 2.45) is 0 Å². The lowest BCUT2D eigenvalue weighted by molar-refractivity contribution is 0.925. The molecule has 2 heterocycles. The van der Waals surface area contributed by atoms with Crippen LogP contribution in [0.4, 0.5) is 0 Å². The van der Waals surface area contributed by atoms with Gasteiger partial charge >= 0.3 is 0 Å². The Kier molecular flexibility index (Phi) is 1.86. The van der Waals surface area contributed by atoms with E-state index in [2.05, 4.69) is 10.2 Å². The van der Waals surface area contributed by atoms with E-state index in [0.29, 0.717) is 5.82 Å². The number of nitrogens with one attached hydrogen (secondary N) is 1. The van der Waals surface area contributed by atoms with E-state index in [1.54, 1.807) is 12.3 Å². The number of hydrogen-bond acceptors (Lipinski definition) is 2. The van der Waals surface area contributed by atoms with Crippen LogP contribution in [0, 0.1) is 0 Å². The normalized spacial score (nSPS) is 10.8. The van der Waals surface area contributed by atoms with Gasteiger partial charge in [-0.25, -0.2) is 0 Å². The van der Waals surface area contributed by atoms with Gasteiger partial charge in [0.25, 0.3) is 5.56 Å². The minimum atomic E-state index is -0.0836. The van der Waals surface area contributed by atoms with Crippen molar-refractivity contribution in [3.8, 4) is 5.82 Å². The molecule has 4 nitrogen and oxygen atoms in total. The van der Waals surface area contributed by atoms with Gasteiger partial charge in [-0.1, -0.05) is 18.2 Å². The van der Waals surface area contributed by atoms with Crippen LogP contribution in [0.15, 0.2) is 53.5 Å². The Labute approximate surface area is 91.2 Å². The zero-order chi connectivity index (χ0) is 11.0. The predicted molar refractivity (Wildman–Crippen MR) is 61.7 cm³/mol. The van der Waals surface area contributed by atoms with Crippen molar-refractivity contribution < 1.29 is 0 Å². The standard InChI is InChI=1S/C12H9N3O/c16-11-7-3-4-8-15(11)12-9-5-1-2-6-10(9)13-14-12/h1-8H,(H,13,14). The Balaban J connectivity index is 2.35. The van der Waals surface area contributed by atoms with Crippen LogP contribution in [0.3, 0.4) is 0 Å². The highest BCUT2D eigenvalue weighted by atomic mass is 16.1. The van der Waals surface area contributed by atoms with Crippen LogP contribution in [-0.2, 0) is 0 Å². The fourth-order valence-corrected chi connectivity index (χ4v) is 1.74. The molecule has 0 bridgehead atoms.